The lowest BCUT2D eigenvalue weighted by Gasteiger charge is -2.42. The molecular formula is C23H22F6N2O2. The standard InChI is InChI=1S/C23H22F6N2O2/c1-14-2-5-17(23(27,28)29)12-18(14)30-8-10-31(11-9-30)21(32)20-13-19(33-20)15-3-6-16(7-4-15)22(24,25)26/h2-7,12,19-20H,8-11,13H2,1H3/t19-,20+/m0/s1. The second-order valence-corrected chi connectivity index (χ2v) is 8.28. The Morgan fingerprint density at radius 3 is 1.97 bits per heavy atom. The number of ether oxygens (including phenoxy) is 1. The minimum absolute atomic E-state index is 0.210. The molecule has 0 spiro atoms. The lowest BCUT2D eigenvalue weighted by atomic mass is 9.95. The molecular weight excluding hydrogens is 450 g/mol. The van der Waals surface area contributed by atoms with Crippen LogP contribution in [-0.4, -0.2) is 43.1 Å². The van der Waals surface area contributed by atoms with Gasteiger partial charge < -0.3 is 14.5 Å². The van der Waals surface area contributed by atoms with Gasteiger partial charge in [-0.1, -0.05) is 18.2 Å². The van der Waals surface area contributed by atoms with Crippen molar-refractivity contribution in [2.24, 2.45) is 0 Å². The molecule has 10 heteroatoms. The molecule has 1 amide bonds. The van der Waals surface area contributed by atoms with Gasteiger partial charge in [-0.15, -0.1) is 0 Å². The molecule has 2 aromatic rings. The highest BCUT2D eigenvalue weighted by molar-refractivity contribution is 5.82. The first-order valence-corrected chi connectivity index (χ1v) is 10.5. The van der Waals surface area contributed by atoms with Crippen molar-refractivity contribution in [1.29, 1.82) is 0 Å². The van der Waals surface area contributed by atoms with Gasteiger partial charge in [0.15, 0.2) is 0 Å². The first kappa shape index (κ1) is 23.4. The van der Waals surface area contributed by atoms with E-state index in [-0.39, 0.29) is 5.91 Å². The zero-order chi connectivity index (χ0) is 24.0. The number of carbonyl (C=O) groups excluding carboxylic acids is 1. The SMILES string of the molecule is Cc1ccc(C(F)(F)F)cc1N1CCN(C(=O)[C@H]2C[C@@H](c3ccc(C(F)(F)F)cc3)O2)CC1. The Morgan fingerprint density at radius 2 is 1.42 bits per heavy atom. The molecule has 0 aromatic heterocycles. The van der Waals surface area contributed by atoms with Gasteiger partial charge in [0, 0.05) is 38.3 Å². The van der Waals surface area contributed by atoms with Gasteiger partial charge in [0.1, 0.15) is 6.10 Å². The number of aryl methyl sites for hydroxylation is 1. The van der Waals surface area contributed by atoms with Crippen LogP contribution in [0.3, 0.4) is 0 Å². The monoisotopic (exact) mass is 472 g/mol. The molecule has 33 heavy (non-hydrogen) atoms. The van der Waals surface area contributed by atoms with Crippen LogP contribution in [0.15, 0.2) is 42.5 Å². The third-order valence-corrected chi connectivity index (χ3v) is 6.11. The van der Waals surface area contributed by atoms with Crippen LogP contribution >= 0.6 is 0 Å². The van der Waals surface area contributed by atoms with Gasteiger partial charge in [-0.3, -0.25) is 4.79 Å². The van der Waals surface area contributed by atoms with Gasteiger partial charge in [-0.2, -0.15) is 26.3 Å². The number of hydrogen-bond donors (Lipinski definition) is 0. The number of benzene rings is 2. The first-order chi connectivity index (χ1) is 15.4. The first-order valence-electron chi connectivity index (χ1n) is 10.5. The van der Waals surface area contributed by atoms with Crippen LogP contribution in [0, 0.1) is 6.92 Å². The predicted octanol–water partition coefficient (Wildman–Crippen LogP) is 5.21. The van der Waals surface area contributed by atoms with E-state index in [0.29, 0.717) is 43.9 Å². The van der Waals surface area contributed by atoms with Crippen LogP contribution in [0.1, 0.15) is 34.8 Å². The molecule has 2 heterocycles. The van der Waals surface area contributed by atoms with Crippen molar-refractivity contribution in [3.05, 3.63) is 64.7 Å². The maximum Gasteiger partial charge on any atom is 0.416 e. The molecule has 2 saturated heterocycles. The lowest BCUT2D eigenvalue weighted by molar-refractivity contribution is -0.174. The molecule has 0 unspecified atom stereocenters. The third kappa shape index (κ3) is 4.95. The van der Waals surface area contributed by atoms with Crippen LogP contribution in [0.25, 0.3) is 0 Å². The van der Waals surface area contributed by atoms with E-state index in [9.17, 15) is 31.1 Å². The number of nitrogens with zero attached hydrogens (tertiary/aromatic N) is 2. The summed E-state index contributed by atoms with van der Waals surface area (Å²) in [6.07, 6.45) is -9.57. The summed E-state index contributed by atoms with van der Waals surface area (Å²) in [5.41, 5.74) is 0.353. The number of anilines is 1. The zero-order valence-electron chi connectivity index (χ0n) is 17.7. The maximum absolute atomic E-state index is 13.1. The van der Waals surface area contributed by atoms with Crippen molar-refractivity contribution in [2.45, 2.75) is 37.9 Å². The van der Waals surface area contributed by atoms with Crippen LogP contribution in [0.4, 0.5) is 32.0 Å². The summed E-state index contributed by atoms with van der Waals surface area (Å²) in [7, 11) is 0. The van der Waals surface area contributed by atoms with E-state index in [1.54, 1.807) is 11.8 Å². The highest BCUT2D eigenvalue weighted by Crippen LogP contribution is 2.38. The van der Waals surface area contributed by atoms with Crippen molar-refractivity contribution in [1.82, 2.24) is 4.90 Å². The van der Waals surface area contributed by atoms with Gasteiger partial charge in [0.05, 0.1) is 17.2 Å². The van der Waals surface area contributed by atoms with Crippen LogP contribution in [-0.2, 0) is 21.9 Å². The average molecular weight is 472 g/mol. The highest BCUT2D eigenvalue weighted by Gasteiger charge is 2.40. The largest absolute Gasteiger partial charge is 0.416 e. The van der Waals surface area contributed by atoms with E-state index in [4.69, 9.17) is 4.74 Å². The molecule has 2 aliphatic rings. The fourth-order valence-corrected chi connectivity index (χ4v) is 4.14. The second-order valence-electron chi connectivity index (χ2n) is 8.28. The van der Waals surface area contributed by atoms with Crippen molar-refractivity contribution in [2.75, 3.05) is 31.1 Å². The zero-order valence-corrected chi connectivity index (χ0v) is 17.7. The van der Waals surface area contributed by atoms with E-state index in [0.717, 1.165) is 29.8 Å². The highest BCUT2D eigenvalue weighted by atomic mass is 19.4. The fourth-order valence-electron chi connectivity index (χ4n) is 4.14. The van der Waals surface area contributed by atoms with E-state index in [2.05, 4.69) is 0 Å². The summed E-state index contributed by atoms with van der Waals surface area (Å²) in [6.45, 7) is 3.22. The average Bonchev–Trinajstić information content (AvgIpc) is 2.72. The Labute approximate surface area is 186 Å². The van der Waals surface area contributed by atoms with Gasteiger partial charge in [-0.25, -0.2) is 0 Å². The topological polar surface area (TPSA) is 32.8 Å². The molecule has 0 N–H and O–H groups in total. The normalized spacial score (nSPS) is 21.7. The summed E-state index contributed by atoms with van der Waals surface area (Å²) in [4.78, 5) is 16.2. The minimum Gasteiger partial charge on any atom is -0.368 e. The smallest absolute Gasteiger partial charge is 0.368 e. The van der Waals surface area contributed by atoms with Gasteiger partial charge >= 0.3 is 12.4 Å². The number of amides is 1. The number of rotatable bonds is 3. The van der Waals surface area contributed by atoms with Gasteiger partial charge in [0.2, 0.25) is 0 Å². The summed E-state index contributed by atoms with van der Waals surface area (Å²) < 4.78 is 82.9. The van der Waals surface area contributed by atoms with E-state index < -0.39 is 35.7 Å². The minimum atomic E-state index is -4.43. The Hall–Kier alpha value is -2.75. The number of halogens is 6. The summed E-state index contributed by atoms with van der Waals surface area (Å²) in [5, 5.41) is 0. The number of hydrogen-bond acceptors (Lipinski definition) is 3. The predicted molar refractivity (Wildman–Crippen MR) is 109 cm³/mol. The Morgan fingerprint density at radius 1 is 0.879 bits per heavy atom. The number of piperazine rings is 1. The number of alkyl halides is 6. The Balaban J connectivity index is 1.31. The third-order valence-electron chi connectivity index (χ3n) is 6.11. The quantitative estimate of drug-likeness (QED) is 0.575. The lowest BCUT2D eigenvalue weighted by Crippen LogP contribution is -2.54. The molecule has 2 aliphatic heterocycles. The van der Waals surface area contributed by atoms with Crippen molar-refractivity contribution in [3.63, 3.8) is 0 Å². The molecule has 2 atom stereocenters. The van der Waals surface area contributed by atoms with Crippen LogP contribution in [0.5, 0.6) is 0 Å². The summed E-state index contributed by atoms with van der Waals surface area (Å²) in [6, 6.07) is 8.32. The molecule has 2 aromatic carbocycles. The van der Waals surface area contributed by atoms with Crippen molar-refractivity contribution < 1.29 is 35.9 Å². The Kier molecular flexibility index (Phi) is 6.07. The van der Waals surface area contributed by atoms with E-state index >= 15 is 0 Å². The van der Waals surface area contributed by atoms with Gasteiger partial charge in [0.25, 0.3) is 5.91 Å². The second kappa shape index (κ2) is 8.55. The van der Waals surface area contributed by atoms with E-state index in [1.807, 2.05) is 4.90 Å². The number of carbonyl (C=O) groups is 1. The molecule has 2 fully saturated rings. The molecule has 0 radical (unpaired) electrons. The molecule has 4 nitrogen and oxygen atoms in total. The van der Waals surface area contributed by atoms with Crippen molar-refractivity contribution >= 4 is 11.6 Å². The fraction of sp³-hybridized carbons (Fsp3) is 0.435. The van der Waals surface area contributed by atoms with Crippen LogP contribution < -0.4 is 4.90 Å². The van der Waals surface area contributed by atoms with Crippen molar-refractivity contribution in [3.8, 4) is 0 Å². The molecule has 0 bridgehead atoms. The van der Waals surface area contributed by atoms with Crippen LogP contribution in [0.2, 0.25) is 0 Å². The molecule has 0 saturated carbocycles. The molecule has 4 rings (SSSR count). The van der Waals surface area contributed by atoms with Gasteiger partial charge in [-0.05, 0) is 42.3 Å². The maximum atomic E-state index is 13.1. The molecule has 178 valence electrons. The summed E-state index contributed by atoms with van der Waals surface area (Å²) >= 11 is 0. The van der Waals surface area contributed by atoms with E-state index in [1.165, 1.54) is 18.2 Å². The summed E-state index contributed by atoms with van der Waals surface area (Å²) in [5.74, 6) is -0.210. The Bertz CT molecular complexity index is 1010. The molecule has 0 aliphatic carbocycles.